The Morgan fingerprint density at radius 1 is 0.451 bits per heavy atom. The molecule has 0 radical (unpaired) electrons. The Bertz CT molecular complexity index is 1620. The summed E-state index contributed by atoms with van der Waals surface area (Å²) in [7, 11) is -2.17. The van der Waals surface area contributed by atoms with E-state index in [1.54, 1.807) is 97.1 Å². The van der Waals surface area contributed by atoms with Crippen molar-refractivity contribution in [3.8, 4) is 58.1 Å². The van der Waals surface area contributed by atoms with Crippen LogP contribution in [0.25, 0.3) is 0 Å². The average molecular weight is 737 g/mol. The van der Waals surface area contributed by atoms with Crippen molar-refractivity contribution in [3.05, 3.63) is 97.1 Å². The Labute approximate surface area is 297 Å². The fraction of sp³-hybridized carbons (Fsp3) is 0.257. The number of nitrogens with zero attached hydrogens (tertiary/aromatic N) is 4. The molecular weight excluding hydrogens is 698 g/mol. The van der Waals surface area contributed by atoms with E-state index < -0.39 is 27.8 Å². The van der Waals surface area contributed by atoms with Gasteiger partial charge in [-0.3, -0.25) is 9.80 Å². The third-order valence-corrected chi connectivity index (χ3v) is 10.4. The molecule has 0 aliphatic carbocycles. The highest BCUT2D eigenvalue weighted by molar-refractivity contribution is 7.54. The summed E-state index contributed by atoms with van der Waals surface area (Å²) in [5, 5.41) is 19.6. The summed E-state index contributed by atoms with van der Waals surface area (Å²) >= 11 is 0. The average Bonchev–Trinajstić information content (AvgIpc) is 3.13. The molecule has 0 saturated carbocycles. The van der Waals surface area contributed by atoms with Crippen molar-refractivity contribution in [2.24, 2.45) is 0 Å². The van der Waals surface area contributed by atoms with Crippen LogP contribution in [0.2, 0.25) is 0 Å². The molecule has 0 aliphatic heterocycles. The van der Waals surface area contributed by atoms with Gasteiger partial charge in [0.1, 0.15) is 58.6 Å². The second-order valence-corrected chi connectivity index (χ2v) is 14.4. The Hall–Kier alpha value is -5.36. The van der Waals surface area contributed by atoms with Crippen LogP contribution in [0.4, 0.5) is 0 Å². The smallest absolute Gasteiger partial charge is 0.444 e. The summed E-state index contributed by atoms with van der Waals surface area (Å²) in [5.41, 5.74) is 0. The van der Waals surface area contributed by atoms with Gasteiger partial charge in [0, 0.05) is 0 Å². The van der Waals surface area contributed by atoms with Gasteiger partial charge in [0.25, 0.3) is 0 Å². The zero-order valence-corrected chi connectivity index (χ0v) is 30.3. The fourth-order valence-electron chi connectivity index (χ4n) is 4.60. The molecule has 0 heterocycles. The quantitative estimate of drug-likeness (QED) is 0.0507. The van der Waals surface area contributed by atoms with Gasteiger partial charge < -0.3 is 37.0 Å². The molecule has 4 rings (SSSR count). The van der Waals surface area contributed by atoms with Gasteiger partial charge in [-0.1, -0.05) is 0 Å². The highest BCUT2D eigenvalue weighted by atomic mass is 31.2. The van der Waals surface area contributed by atoms with Crippen LogP contribution in [0.3, 0.4) is 0 Å². The van der Waals surface area contributed by atoms with E-state index in [9.17, 15) is 19.7 Å². The van der Waals surface area contributed by atoms with Crippen LogP contribution < -0.4 is 37.0 Å². The molecule has 0 aromatic heterocycles. The zero-order valence-electron chi connectivity index (χ0n) is 28.5. The molecule has 4 aromatic carbocycles. The first-order valence-corrected chi connectivity index (χ1v) is 18.8. The Kier molecular flexibility index (Phi) is 14.0. The second-order valence-electron chi connectivity index (χ2n) is 10.7. The van der Waals surface area contributed by atoms with Gasteiger partial charge in [-0.2, -0.15) is 10.5 Å². The Morgan fingerprint density at radius 3 is 0.863 bits per heavy atom. The number of rotatable bonds is 20. The molecule has 14 nitrogen and oxygen atoms in total. The van der Waals surface area contributed by atoms with Crippen molar-refractivity contribution in [3.63, 3.8) is 0 Å². The van der Waals surface area contributed by atoms with E-state index in [4.69, 9.17) is 37.0 Å². The van der Waals surface area contributed by atoms with E-state index in [1.165, 1.54) is 38.2 Å². The van der Waals surface area contributed by atoms with Gasteiger partial charge in [-0.15, -0.1) is 0 Å². The first kappa shape index (κ1) is 38.4. The molecule has 51 heavy (non-hydrogen) atoms. The predicted octanol–water partition coefficient (Wildman–Crippen LogP) is 7.25. The summed E-state index contributed by atoms with van der Waals surface area (Å²) in [4.78, 5) is 2.91. The van der Waals surface area contributed by atoms with E-state index in [-0.39, 0.29) is 42.8 Å². The number of methoxy groups -OCH3 is 4. The number of hydrogen-bond acceptors (Lipinski definition) is 14. The van der Waals surface area contributed by atoms with Gasteiger partial charge in [0.05, 0.1) is 60.3 Å². The lowest BCUT2D eigenvalue weighted by Gasteiger charge is -2.31. The van der Waals surface area contributed by atoms with Crippen molar-refractivity contribution >= 4 is 15.2 Å². The topological polar surface area (TPSA) is 162 Å². The van der Waals surface area contributed by atoms with Crippen LogP contribution in [0.5, 0.6) is 46.0 Å². The molecule has 0 spiro atoms. The van der Waals surface area contributed by atoms with E-state index in [0.717, 1.165) is 0 Å². The monoisotopic (exact) mass is 736 g/mol. The molecule has 16 heteroatoms. The maximum atomic E-state index is 14.5. The SMILES string of the molecule is COc1ccc(OP(=O)(CN(CC#N)CN(CC#N)CP(=O)(Oc2ccc(OC)cc2)Oc2ccc(OC)cc2)Oc2ccc(OC)cc2)cc1. The third kappa shape index (κ3) is 11.9. The summed E-state index contributed by atoms with van der Waals surface area (Å²) in [6.45, 7) is -0.690. The van der Waals surface area contributed by atoms with Gasteiger partial charge in [0.2, 0.25) is 0 Å². The van der Waals surface area contributed by atoms with E-state index in [2.05, 4.69) is 12.1 Å². The normalized spacial score (nSPS) is 11.2. The molecule has 0 saturated heterocycles. The molecule has 0 amide bonds. The van der Waals surface area contributed by atoms with E-state index >= 15 is 0 Å². The number of benzene rings is 4. The zero-order chi connectivity index (χ0) is 36.7. The minimum atomic E-state index is -4.12. The maximum absolute atomic E-state index is 14.5. The number of ether oxygens (including phenoxy) is 4. The fourth-order valence-corrected chi connectivity index (χ4v) is 8.04. The van der Waals surface area contributed by atoms with Crippen LogP contribution in [0.15, 0.2) is 97.1 Å². The van der Waals surface area contributed by atoms with Crippen LogP contribution >= 0.6 is 15.2 Å². The first-order valence-electron chi connectivity index (χ1n) is 15.3. The predicted molar refractivity (Wildman–Crippen MR) is 189 cm³/mol. The van der Waals surface area contributed by atoms with Crippen molar-refractivity contribution < 1.29 is 46.2 Å². The molecular formula is C35H38N4O10P2. The van der Waals surface area contributed by atoms with Gasteiger partial charge in [-0.25, -0.2) is 9.13 Å². The summed E-state index contributed by atoms with van der Waals surface area (Å²) in [6, 6.07) is 29.8. The molecule has 0 unspecified atom stereocenters. The van der Waals surface area contributed by atoms with Gasteiger partial charge in [-0.05, 0) is 97.1 Å². The minimum Gasteiger partial charge on any atom is -0.497 e. The minimum absolute atomic E-state index is 0.176. The molecule has 0 aliphatic rings. The molecule has 0 fully saturated rings. The van der Waals surface area contributed by atoms with Crippen LogP contribution in [0.1, 0.15) is 0 Å². The van der Waals surface area contributed by atoms with Crippen molar-refractivity contribution in [2.75, 3.05) is 60.8 Å². The molecule has 268 valence electrons. The molecule has 0 N–H and O–H groups in total. The molecule has 0 atom stereocenters. The summed E-state index contributed by atoms with van der Waals surface area (Å²) < 4.78 is 73.7. The second kappa shape index (κ2) is 18.6. The highest BCUT2D eigenvalue weighted by Crippen LogP contribution is 2.51. The Balaban J connectivity index is 1.63. The van der Waals surface area contributed by atoms with Crippen molar-refractivity contribution in [2.45, 2.75) is 0 Å². The van der Waals surface area contributed by atoms with Crippen LogP contribution in [-0.4, -0.2) is 70.6 Å². The van der Waals surface area contributed by atoms with Crippen LogP contribution in [-0.2, 0) is 9.13 Å². The Morgan fingerprint density at radius 2 is 0.667 bits per heavy atom. The maximum Gasteiger partial charge on any atom is 0.444 e. The largest absolute Gasteiger partial charge is 0.497 e. The van der Waals surface area contributed by atoms with E-state index in [1.807, 2.05) is 0 Å². The standard InChI is InChI=1S/C35H38N4O10P2/c1-42-28-5-13-32(14-6-28)46-50(40,47-33-15-7-29(43-2)8-16-33)26-38(23-21-36)25-39(24-22-37)27-51(41,48-34-17-9-30(44-3)10-18-34)49-35-19-11-31(45-4)12-20-35/h5-20H,23-27H2,1-4H3. The molecule has 0 bridgehead atoms. The summed E-state index contributed by atoms with van der Waals surface area (Å²) in [5.74, 6) is 3.14. The van der Waals surface area contributed by atoms with Gasteiger partial charge >= 0.3 is 15.2 Å². The lowest BCUT2D eigenvalue weighted by Crippen LogP contribution is -2.40. The lowest BCUT2D eigenvalue weighted by atomic mass is 10.3. The third-order valence-electron chi connectivity index (χ3n) is 6.95. The van der Waals surface area contributed by atoms with Crippen LogP contribution in [0, 0.1) is 22.7 Å². The van der Waals surface area contributed by atoms with Crippen molar-refractivity contribution in [1.29, 1.82) is 10.5 Å². The van der Waals surface area contributed by atoms with E-state index in [0.29, 0.717) is 23.0 Å². The highest BCUT2D eigenvalue weighted by Gasteiger charge is 2.36. The molecule has 4 aromatic rings. The van der Waals surface area contributed by atoms with Crippen molar-refractivity contribution in [1.82, 2.24) is 9.80 Å². The number of nitriles is 2. The first-order chi connectivity index (χ1) is 24.6. The lowest BCUT2D eigenvalue weighted by molar-refractivity contribution is 0.179. The summed E-state index contributed by atoms with van der Waals surface area (Å²) in [6.07, 6.45) is -0.799. The number of hydrogen-bond donors (Lipinski definition) is 0. The van der Waals surface area contributed by atoms with Gasteiger partial charge in [0.15, 0.2) is 0 Å².